The van der Waals surface area contributed by atoms with Gasteiger partial charge >= 0.3 is 0 Å². The minimum absolute atomic E-state index is 0.286. The van der Waals surface area contributed by atoms with Gasteiger partial charge in [-0.15, -0.1) is 22.7 Å². The minimum Gasteiger partial charge on any atom is -0.266 e. The van der Waals surface area contributed by atoms with Crippen LogP contribution in [0.15, 0.2) is 40.8 Å². The first-order valence-corrected chi connectivity index (χ1v) is 8.29. The molecule has 3 aromatic rings. The summed E-state index contributed by atoms with van der Waals surface area (Å²) < 4.78 is 0.991. The molecule has 21 heavy (non-hydrogen) atoms. The highest BCUT2D eigenvalue weighted by atomic mass is 35.5. The maximum Gasteiger partial charge on any atom is 0.283 e. The summed E-state index contributed by atoms with van der Waals surface area (Å²) in [7, 11) is 0. The molecule has 2 aromatic heterocycles. The van der Waals surface area contributed by atoms with Gasteiger partial charge in [-0.05, 0) is 30.0 Å². The Balaban J connectivity index is 1.80. The molecule has 0 aliphatic heterocycles. The molecule has 0 spiro atoms. The third-order valence-corrected chi connectivity index (χ3v) is 5.62. The second-order valence-corrected chi connectivity index (χ2v) is 6.79. The highest BCUT2D eigenvalue weighted by Crippen LogP contribution is 2.34. The SMILES string of the molecule is Cc1ccsc1C=NNC(=O)c1sc2ccccc2c1Cl. The van der Waals surface area contributed by atoms with Gasteiger partial charge in [0.25, 0.3) is 5.91 Å². The van der Waals surface area contributed by atoms with Gasteiger partial charge < -0.3 is 0 Å². The molecule has 3 nitrogen and oxygen atoms in total. The van der Waals surface area contributed by atoms with E-state index >= 15 is 0 Å². The van der Waals surface area contributed by atoms with Crippen molar-refractivity contribution in [3.8, 4) is 0 Å². The normalized spacial score (nSPS) is 11.3. The Bertz CT molecular complexity index is 835. The van der Waals surface area contributed by atoms with E-state index in [9.17, 15) is 4.79 Å². The fourth-order valence-corrected chi connectivity index (χ4v) is 4.07. The molecular weight excluding hydrogens is 324 g/mol. The van der Waals surface area contributed by atoms with Gasteiger partial charge in [0.1, 0.15) is 4.88 Å². The van der Waals surface area contributed by atoms with Gasteiger partial charge in [-0.3, -0.25) is 4.79 Å². The molecule has 1 aromatic carbocycles. The van der Waals surface area contributed by atoms with E-state index in [-0.39, 0.29) is 5.91 Å². The number of carbonyl (C=O) groups excluding carboxylic acids is 1. The van der Waals surface area contributed by atoms with Crippen molar-refractivity contribution in [1.82, 2.24) is 5.43 Å². The molecule has 1 N–H and O–H groups in total. The molecule has 0 radical (unpaired) electrons. The van der Waals surface area contributed by atoms with E-state index in [2.05, 4.69) is 10.5 Å². The summed E-state index contributed by atoms with van der Waals surface area (Å²) in [6, 6.07) is 9.69. The Morgan fingerprint density at radius 2 is 2.14 bits per heavy atom. The quantitative estimate of drug-likeness (QED) is 0.548. The number of aryl methyl sites for hydroxylation is 1. The molecule has 0 saturated carbocycles. The second kappa shape index (κ2) is 5.97. The topological polar surface area (TPSA) is 41.5 Å². The molecule has 0 atom stereocenters. The van der Waals surface area contributed by atoms with E-state index in [0.717, 1.165) is 20.5 Å². The van der Waals surface area contributed by atoms with Crippen LogP contribution in [0.2, 0.25) is 5.02 Å². The summed E-state index contributed by atoms with van der Waals surface area (Å²) in [5, 5.41) is 7.36. The Labute approximate surface area is 134 Å². The molecule has 1 amide bonds. The van der Waals surface area contributed by atoms with Crippen LogP contribution in [0.3, 0.4) is 0 Å². The fraction of sp³-hybridized carbons (Fsp3) is 0.0667. The van der Waals surface area contributed by atoms with Crippen LogP contribution >= 0.6 is 34.3 Å². The van der Waals surface area contributed by atoms with Crippen molar-refractivity contribution >= 4 is 56.5 Å². The van der Waals surface area contributed by atoms with Gasteiger partial charge in [-0.25, -0.2) is 5.43 Å². The number of benzene rings is 1. The van der Waals surface area contributed by atoms with Crippen molar-refractivity contribution < 1.29 is 4.79 Å². The Morgan fingerprint density at radius 1 is 1.33 bits per heavy atom. The highest BCUT2D eigenvalue weighted by molar-refractivity contribution is 7.21. The van der Waals surface area contributed by atoms with Crippen LogP contribution in [0.4, 0.5) is 0 Å². The Kier molecular flexibility index (Phi) is 4.05. The van der Waals surface area contributed by atoms with Crippen molar-refractivity contribution in [2.45, 2.75) is 6.92 Å². The first-order valence-electron chi connectivity index (χ1n) is 6.21. The summed E-state index contributed by atoms with van der Waals surface area (Å²) in [4.78, 5) is 13.7. The molecule has 0 bridgehead atoms. The standard InChI is InChI=1S/C15H11ClN2OS2/c1-9-6-7-20-12(9)8-17-18-15(19)14-13(16)10-4-2-3-5-11(10)21-14/h2-8H,1H3,(H,18,19). The van der Waals surface area contributed by atoms with Crippen molar-refractivity contribution in [1.29, 1.82) is 0 Å². The first-order chi connectivity index (χ1) is 10.2. The summed E-state index contributed by atoms with van der Waals surface area (Å²) in [6.07, 6.45) is 1.65. The van der Waals surface area contributed by atoms with E-state index in [0.29, 0.717) is 9.90 Å². The van der Waals surface area contributed by atoms with E-state index in [4.69, 9.17) is 11.6 Å². The number of halogens is 1. The van der Waals surface area contributed by atoms with Crippen LogP contribution in [0.1, 0.15) is 20.1 Å². The zero-order valence-electron chi connectivity index (χ0n) is 11.1. The lowest BCUT2D eigenvalue weighted by Gasteiger charge is -1.97. The van der Waals surface area contributed by atoms with Crippen LogP contribution in [0.5, 0.6) is 0 Å². The average molecular weight is 335 g/mol. The fourth-order valence-electron chi connectivity index (χ4n) is 1.88. The number of amides is 1. The number of thiophene rings is 2. The molecule has 0 unspecified atom stereocenters. The van der Waals surface area contributed by atoms with Crippen LogP contribution in [-0.2, 0) is 0 Å². The van der Waals surface area contributed by atoms with Crippen LogP contribution < -0.4 is 5.43 Å². The lowest BCUT2D eigenvalue weighted by molar-refractivity contribution is 0.0959. The van der Waals surface area contributed by atoms with Gasteiger partial charge in [0.05, 0.1) is 11.2 Å². The number of hydrazone groups is 1. The van der Waals surface area contributed by atoms with E-state index < -0.39 is 0 Å². The van der Waals surface area contributed by atoms with Gasteiger partial charge in [-0.2, -0.15) is 5.10 Å². The smallest absolute Gasteiger partial charge is 0.266 e. The largest absolute Gasteiger partial charge is 0.283 e. The monoisotopic (exact) mass is 334 g/mol. The number of rotatable bonds is 3. The van der Waals surface area contributed by atoms with Crippen LogP contribution in [-0.4, -0.2) is 12.1 Å². The van der Waals surface area contributed by atoms with Gasteiger partial charge in [0.15, 0.2) is 0 Å². The van der Waals surface area contributed by atoms with E-state index in [1.807, 2.05) is 42.6 Å². The molecule has 0 aliphatic rings. The lowest BCUT2D eigenvalue weighted by Crippen LogP contribution is -2.16. The number of nitrogens with one attached hydrogen (secondary N) is 1. The maximum absolute atomic E-state index is 12.2. The second-order valence-electron chi connectivity index (χ2n) is 4.41. The highest BCUT2D eigenvalue weighted by Gasteiger charge is 2.16. The average Bonchev–Trinajstić information content (AvgIpc) is 3.04. The molecule has 2 heterocycles. The van der Waals surface area contributed by atoms with Crippen molar-refractivity contribution in [3.63, 3.8) is 0 Å². The van der Waals surface area contributed by atoms with Gasteiger partial charge in [0, 0.05) is 15.0 Å². The van der Waals surface area contributed by atoms with E-state index in [1.165, 1.54) is 11.3 Å². The van der Waals surface area contributed by atoms with Crippen molar-refractivity contribution in [3.05, 3.63) is 56.1 Å². The summed E-state index contributed by atoms with van der Waals surface area (Å²) in [5.74, 6) is -0.286. The minimum atomic E-state index is -0.286. The number of nitrogens with zero attached hydrogens (tertiary/aromatic N) is 1. The zero-order valence-corrected chi connectivity index (χ0v) is 13.5. The van der Waals surface area contributed by atoms with E-state index in [1.54, 1.807) is 17.6 Å². The molecule has 6 heteroatoms. The number of hydrogen-bond acceptors (Lipinski definition) is 4. The summed E-state index contributed by atoms with van der Waals surface area (Å²) in [5.41, 5.74) is 3.67. The third-order valence-electron chi connectivity index (χ3n) is 2.99. The number of hydrogen-bond donors (Lipinski definition) is 1. The summed E-state index contributed by atoms with van der Waals surface area (Å²) in [6.45, 7) is 2.00. The molecule has 0 saturated heterocycles. The van der Waals surface area contributed by atoms with Crippen LogP contribution in [0, 0.1) is 6.92 Å². The summed E-state index contributed by atoms with van der Waals surface area (Å²) >= 11 is 9.20. The van der Waals surface area contributed by atoms with Gasteiger partial charge in [-0.1, -0.05) is 29.8 Å². The molecule has 106 valence electrons. The maximum atomic E-state index is 12.2. The molecular formula is C15H11ClN2OS2. The lowest BCUT2D eigenvalue weighted by atomic mass is 10.2. The molecule has 0 fully saturated rings. The van der Waals surface area contributed by atoms with Crippen molar-refractivity contribution in [2.24, 2.45) is 5.10 Å². The first kappa shape index (κ1) is 14.3. The predicted molar refractivity (Wildman–Crippen MR) is 91.0 cm³/mol. The van der Waals surface area contributed by atoms with Gasteiger partial charge in [0.2, 0.25) is 0 Å². The van der Waals surface area contributed by atoms with Crippen LogP contribution in [0.25, 0.3) is 10.1 Å². The predicted octanol–water partition coefficient (Wildman–Crippen LogP) is 4.69. The number of fused-ring (bicyclic) bond motifs is 1. The Hall–Kier alpha value is -1.69. The third kappa shape index (κ3) is 2.85. The molecule has 3 rings (SSSR count). The zero-order chi connectivity index (χ0) is 14.8. The Morgan fingerprint density at radius 3 is 2.86 bits per heavy atom. The number of carbonyl (C=O) groups is 1. The molecule has 0 aliphatic carbocycles. The van der Waals surface area contributed by atoms with Crippen molar-refractivity contribution in [2.75, 3.05) is 0 Å².